The van der Waals surface area contributed by atoms with Crippen LogP contribution in [0.15, 0.2) is 41.2 Å². The second-order valence-corrected chi connectivity index (χ2v) is 5.99. The van der Waals surface area contributed by atoms with Crippen LogP contribution in [0.2, 0.25) is 10.0 Å². The van der Waals surface area contributed by atoms with E-state index in [9.17, 15) is 9.59 Å². The van der Waals surface area contributed by atoms with Crippen LogP contribution in [0.5, 0.6) is 11.6 Å². The van der Waals surface area contributed by atoms with Crippen molar-refractivity contribution in [2.45, 2.75) is 13.3 Å². The van der Waals surface area contributed by atoms with Crippen molar-refractivity contribution in [2.24, 2.45) is 0 Å². The van der Waals surface area contributed by atoms with Crippen molar-refractivity contribution in [3.8, 4) is 11.6 Å². The van der Waals surface area contributed by atoms with Crippen LogP contribution in [0, 0.1) is 0 Å². The Morgan fingerprint density at radius 3 is 2.48 bits per heavy atom. The molecule has 8 heteroatoms. The number of carbonyl (C=O) groups excluding carboxylic acids is 1. The highest BCUT2D eigenvalue weighted by atomic mass is 35.5. The molecule has 0 aliphatic carbocycles. The summed E-state index contributed by atoms with van der Waals surface area (Å²) in [5.74, 6) is 0.195. The van der Waals surface area contributed by atoms with E-state index < -0.39 is 0 Å². The Balaban J connectivity index is 2.00. The number of H-pyrrole nitrogens is 1. The molecule has 0 spiro atoms. The molecule has 1 heterocycles. The van der Waals surface area contributed by atoms with E-state index in [1.165, 1.54) is 12.1 Å². The van der Waals surface area contributed by atoms with E-state index in [2.05, 4.69) is 15.5 Å². The lowest BCUT2D eigenvalue weighted by molar-refractivity contribution is -0.115. The molecule has 0 saturated carbocycles. The molecule has 0 bridgehead atoms. The number of aromatic nitrogens is 2. The number of nitrogens with zero attached hydrogens (tertiary/aromatic N) is 1. The Morgan fingerprint density at radius 1 is 1.20 bits per heavy atom. The van der Waals surface area contributed by atoms with Crippen molar-refractivity contribution in [3.05, 3.63) is 56.8 Å². The predicted molar refractivity (Wildman–Crippen MR) is 97.8 cm³/mol. The lowest BCUT2D eigenvalue weighted by Crippen LogP contribution is -2.10. The molecule has 0 unspecified atom stereocenters. The summed E-state index contributed by atoms with van der Waals surface area (Å²) in [5.41, 5.74) is 0.145. The molecule has 25 heavy (non-hydrogen) atoms. The highest BCUT2D eigenvalue weighted by molar-refractivity contribution is 6.37. The molecule has 128 valence electrons. The molecule has 0 atom stereocenters. The molecule has 3 aromatic rings. The maximum absolute atomic E-state index is 11.8. The van der Waals surface area contributed by atoms with Gasteiger partial charge in [0.15, 0.2) is 5.75 Å². The number of anilines is 1. The van der Waals surface area contributed by atoms with Gasteiger partial charge in [0, 0.05) is 12.1 Å². The highest BCUT2D eigenvalue weighted by Gasteiger charge is 2.15. The number of aromatic amines is 1. The zero-order chi connectivity index (χ0) is 18.0. The smallest absolute Gasteiger partial charge is 0.272 e. The fourth-order valence-electron chi connectivity index (χ4n) is 2.24. The molecule has 0 fully saturated rings. The third-order valence-electron chi connectivity index (χ3n) is 3.46. The van der Waals surface area contributed by atoms with Gasteiger partial charge in [0.05, 0.1) is 20.8 Å². The number of hydrogen-bond acceptors (Lipinski definition) is 4. The molecule has 3 rings (SSSR count). The zero-order valence-electron chi connectivity index (χ0n) is 13.1. The van der Waals surface area contributed by atoms with Crippen LogP contribution in [-0.2, 0) is 4.79 Å². The number of nitrogens with one attached hydrogen (secondary N) is 2. The molecule has 1 amide bonds. The van der Waals surface area contributed by atoms with Gasteiger partial charge in [-0.3, -0.25) is 9.59 Å². The average Bonchev–Trinajstić information content (AvgIpc) is 2.60. The van der Waals surface area contributed by atoms with Gasteiger partial charge in [-0.25, -0.2) is 5.10 Å². The second kappa shape index (κ2) is 7.13. The molecule has 2 aromatic carbocycles. The SMILES string of the molecule is CCC(=O)Nc1cc(Cl)c(Oc2n[nH]c(=O)c3ccccc23)c(Cl)c1. The van der Waals surface area contributed by atoms with Gasteiger partial charge >= 0.3 is 0 Å². The minimum atomic E-state index is -0.322. The van der Waals surface area contributed by atoms with Crippen molar-refractivity contribution in [3.63, 3.8) is 0 Å². The Bertz CT molecular complexity index is 994. The van der Waals surface area contributed by atoms with Crippen LogP contribution < -0.4 is 15.6 Å². The number of benzene rings is 2. The molecule has 6 nitrogen and oxygen atoms in total. The summed E-state index contributed by atoms with van der Waals surface area (Å²) in [5, 5.41) is 10.3. The Labute approximate surface area is 152 Å². The average molecular weight is 378 g/mol. The largest absolute Gasteiger partial charge is 0.434 e. The standard InChI is InChI=1S/C17H13Cl2N3O3/c1-2-14(23)20-9-7-12(18)15(13(19)8-9)25-17-11-6-4-3-5-10(11)16(24)21-22-17/h3-8H,2H2,1H3,(H,20,23)(H,21,24). The molecular weight excluding hydrogens is 365 g/mol. The van der Waals surface area contributed by atoms with E-state index in [1.54, 1.807) is 31.2 Å². The second-order valence-electron chi connectivity index (χ2n) is 5.18. The van der Waals surface area contributed by atoms with E-state index in [1.807, 2.05) is 0 Å². The number of hydrogen-bond donors (Lipinski definition) is 2. The first-order chi connectivity index (χ1) is 12.0. The molecule has 1 aromatic heterocycles. The van der Waals surface area contributed by atoms with E-state index in [4.69, 9.17) is 27.9 Å². The Morgan fingerprint density at radius 2 is 1.84 bits per heavy atom. The molecular formula is C17H13Cl2N3O3. The third kappa shape index (κ3) is 3.60. The van der Waals surface area contributed by atoms with Crippen LogP contribution in [0.3, 0.4) is 0 Å². The van der Waals surface area contributed by atoms with Gasteiger partial charge < -0.3 is 10.1 Å². The minimum Gasteiger partial charge on any atom is -0.434 e. The summed E-state index contributed by atoms with van der Waals surface area (Å²) in [7, 11) is 0. The first kappa shape index (κ1) is 17.3. The first-order valence-electron chi connectivity index (χ1n) is 7.43. The van der Waals surface area contributed by atoms with Crippen molar-refractivity contribution in [2.75, 3.05) is 5.32 Å². The van der Waals surface area contributed by atoms with Gasteiger partial charge in [-0.05, 0) is 24.3 Å². The molecule has 0 aliphatic rings. The molecule has 2 N–H and O–H groups in total. The van der Waals surface area contributed by atoms with Crippen LogP contribution in [0.4, 0.5) is 5.69 Å². The van der Waals surface area contributed by atoms with Crippen molar-refractivity contribution in [1.29, 1.82) is 0 Å². The van der Waals surface area contributed by atoms with Crippen molar-refractivity contribution in [1.82, 2.24) is 10.2 Å². The fourth-order valence-corrected chi connectivity index (χ4v) is 2.81. The van der Waals surface area contributed by atoms with Crippen LogP contribution in [-0.4, -0.2) is 16.1 Å². The van der Waals surface area contributed by atoms with Gasteiger partial charge in [0.1, 0.15) is 0 Å². The number of ether oxygens (including phenoxy) is 1. The van der Waals surface area contributed by atoms with E-state index in [0.29, 0.717) is 22.9 Å². The molecule has 0 radical (unpaired) electrons. The molecule has 0 aliphatic heterocycles. The Hall–Kier alpha value is -2.57. The summed E-state index contributed by atoms with van der Waals surface area (Å²) in [6.45, 7) is 1.74. The van der Waals surface area contributed by atoms with Gasteiger partial charge in [0.25, 0.3) is 5.56 Å². The highest BCUT2D eigenvalue weighted by Crippen LogP contribution is 2.39. The Kier molecular flexibility index (Phi) is 4.92. The van der Waals surface area contributed by atoms with Gasteiger partial charge in [-0.1, -0.05) is 42.3 Å². The van der Waals surface area contributed by atoms with E-state index >= 15 is 0 Å². The fraction of sp³-hybridized carbons (Fsp3) is 0.118. The van der Waals surface area contributed by atoms with Crippen LogP contribution >= 0.6 is 23.2 Å². The maximum atomic E-state index is 11.8. The predicted octanol–water partition coefficient (Wildman–Crippen LogP) is 4.37. The quantitative estimate of drug-likeness (QED) is 0.706. The molecule has 0 saturated heterocycles. The summed E-state index contributed by atoms with van der Waals surface area (Å²) in [6.07, 6.45) is 0.334. The zero-order valence-corrected chi connectivity index (χ0v) is 14.6. The van der Waals surface area contributed by atoms with Crippen molar-refractivity contribution < 1.29 is 9.53 Å². The summed E-state index contributed by atoms with van der Waals surface area (Å²) >= 11 is 12.5. The normalized spacial score (nSPS) is 10.7. The van der Waals surface area contributed by atoms with Crippen molar-refractivity contribution >= 4 is 45.6 Å². The van der Waals surface area contributed by atoms with E-state index in [0.717, 1.165) is 0 Å². The lowest BCUT2D eigenvalue weighted by atomic mass is 10.2. The summed E-state index contributed by atoms with van der Waals surface area (Å²) in [4.78, 5) is 23.3. The number of halogens is 2. The van der Waals surface area contributed by atoms with Crippen LogP contribution in [0.25, 0.3) is 10.8 Å². The summed E-state index contributed by atoms with van der Waals surface area (Å²) in [6, 6.07) is 9.95. The minimum absolute atomic E-state index is 0.158. The van der Waals surface area contributed by atoms with Crippen LogP contribution in [0.1, 0.15) is 13.3 Å². The monoisotopic (exact) mass is 377 g/mol. The number of amides is 1. The van der Waals surface area contributed by atoms with Gasteiger partial charge in [0.2, 0.25) is 11.8 Å². The van der Waals surface area contributed by atoms with Gasteiger partial charge in [-0.2, -0.15) is 0 Å². The lowest BCUT2D eigenvalue weighted by Gasteiger charge is -2.12. The summed E-state index contributed by atoms with van der Waals surface area (Å²) < 4.78 is 5.74. The van der Waals surface area contributed by atoms with Gasteiger partial charge in [-0.15, -0.1) is 5.10 Å². The number of carbonyl (C=O) groups is 1. The number of fused-ring (bicyclic) bond motifs is 1. The van der Waals surface area contributed by atoms with E-state index in [-0.39, 0.29) is 33.1 Å². The number of rotatable bonds is 4. The maximum Gasteiger partial charge on any atom is 0.272 e. The third-order valence-corrected chi connectivity index (χ3v) is 4.02. The first-order valence-corrected chi connectivity index (χ1v) is 8.19. The topological polar surface area (TPSA) is 84.1 Å².